The third kappa shape index (κ3) is 4.24. The predicted octanol–water partition coefficient (Wildman–Crippen LogP) is 2.02. The van der Waals surface area contributed by atoms with E-state index in [1.807, 2.05) is 0 Å². The van der Waals surface area contributed by atoms with E-state index in [4.69, 9.17) is 17.3 Å². The van der Waals surface area contributed by atoms with Crippen LogP contribution in [0.1, 0.15) is 13.8 Å². The van der Waals surface area contributed by atoms with Gasteiger partial charge in [0, 0.05) is 6.07 Å². The Kier molecular flexibility index (Phi) is 4.36. The Hall–Kier alpha value is -1.27. The van der Waals surface area contributed by atoms with Gasteiger partial charge in [0.15, 0.2) is 5.11 Å². The normalized spacial score (nSPS) is 11.1. The lowest BCUT2D eigenvalue weighted by Gasteiger charge is -2.25. The largest absolute Gasteiger partial charge is 0.394 e. The summed E-state index contributed by atoms with van der Waals surface area (Å²) in [5.41, 5.74) is -0.529. The van der Waals surface area contributed by atoms with Gasteiger partial charge >= 0.3 is 0 Å². The Balaban J connectivity index is 2.69. The number of benzene rings is 1. The minimum Gasteiger partial charge on any atom is -0.394 e. The molecule has 94 valence electrons. The van der Waals surface area contributed by atoms with Crippen LogP contribution in [0.15, 0.2) is 18.2 Å². The number of thiocarbonyl (C=S) groups is 1. The molecule has 0 bridgehead atoms. The number of anilines is 1. The van der Waals surface area contributed by atoms with Crippen LogP contribution >= 0.6 is 12.2 Å². The molecule has 3 nitrogen and oxygen atoms in total. The summed E-state index contributed by atoms with van der Waals surface area (Å²) in [6.45, 7) is 3.35. The molecule has 0 unspecified atom stereocenters. The van der Waals surface area contributed by atoms with Crippen LogP contribution in [-0.2, 0) is 0 Å². The maximum atomic E-state index is 13.3. The summed E-state index contributed by atoms with van der Waals surface area (Å²) in [5, 5.41) is 14.6. The highest BCUT2D eigenvalue weighted by Gasteiger charge is 2.17. The lowest BCUT2D eigenvalue weighted by Crippen LogP contribution is -2.48. The van der Waals surface area contributed by atoms with E-state index in [1.165, 1.54) is 6.07 Å². The van der Waals surface area contributed by atoms with Gasteiger partial charge in [-0.1, -0.05) is 0 Å². The average molecular weight is 260 g/mol. The van der Waals surface area contributed by atoms with E-state index < -0.39 is 17.2 Å². The van der Waals surface area contributed by atoms with E-state index in [0.717, 1.165) is 12.1 Å². The van der Waals surface area contributed by atoms with Gasteiger partial charge in [0.05, 0.1) is 17.8 Å². The Morgan fingerprint density at radius 1 is 1.41 bits per heavy atom. The molecule has 0 aliphatic carbocycles. The van der Waals surface area contributed by atoms with Crippen LogP contribution < -0.4 is 10.6 Å². The fraction of sp³-hybridized carbons (Fsp3) is 0.364. The molecule has 0 spiro atoms. The van der Waals surface area contributed by atoms with Gasteiger partial charge in [-0.25, -0.2) is 8.78 Å². The Labute approximate surface area is 104 Å². The molecule has 0 saturated heterocycles. The second-order valence-corrected chi connectivity index (χ2v) is 4.65. The molecule has 0 radical (unpaired) electrons. The highest BCUT2D eigenvalue weighted by Crippen LogP contribution is 2.15. The quantitative estimate of drug-likeness (QED) is 0.728. The van der Waals surface area contributed by atoms with Crippen LogP contribution in [-0.4, -0.2) is 22.4 Å². The number of hydrogen-bond donors (Lipinski definition) is 3. The molecule has 0 atom stereocenters. The van der Waals surface area contributed by atoms with Crippen LogP contribution in [0.2, 0.25) is 0 Å². The lowest BCUT2D eigenvalue weighted by atomic mass is 10.1. The molecule has 1 aromatic rings. The van der Waals surface area contributed by atoms with E-state index in [1.54, 1.807) is 13.8 Å². The molecule has 0 amide bonds. The molecule has 0 heterocycles. The number of aliphatic hydroxyl groups is 1. The molecule has 3 N–H and O–H groups in total. The molecule has 17 heavy (non-hydrogen) atoms. The van der Waals surface area contributed by atoms with E-state index in [0.29, 0.717) is 0 Å². The standard InChI is InChI=1S/C11H14F2N2OS/c1-11(2,6-16)15-10(17)14-9-4-3-7(12)5-8(9)13/h3-5,16H,6H2,1-2H3,(H2,14,15,17). The minimum absolute atomic E-state index is 0.0811. The summed E-state index contributed by atoms with van der Waals surface area (Å²) in [5.74, 6) is -1.38. The van der Waals surface area contributed by atoms with Crippen molar-refractivity contribution < 1.29 is 13.9 Å². The van der Waals surface area contributed by atoms with Crippen LogP contribution in [0.5, 0.6) is 0 Å². The Bertz CT molecular complexity index is 424. The monoisotopic (exact) mass is 260 g/mol. The third-order valence-corrected chi connectivity index (χ3v) is 2.23. The topological polar surface area (TPSA) is 44.3 Å². The first-order chi connectivity index (χ1) is 7.84. The van der Waals surface area contributed by atoms with Gasteiger partial charge in [-0.05, 0) is 38.2 Å². The summed E-state index contributed by atoms with van der Waals surface area (Å²) in [7, 11) is 0. The van der Waals surface area contributed by atoms with Gasteiger partial charge in [-0.3, -0.25) is 0 Å². The highest BCUT2D eigenvalue weighted by atomic mass is 32.1. The van der Waals surface area contributed by atoms with Crippen molar-refractivity contribution in [3.05, 3.63) is 29.8 Å². The van der Waals surface area contributed by atoms with Crippen LogP contribution in [0.3, 0.4) is 0 Å². The fourth-order valence-corrected chi connectivity index (χ4v) is 1.48. The molecule has 1 rings (SSSR count). The number of halogens is 2. The Morgan fingerprint density at radius 3 is 2.59 bits per heavy atom. The zero-order chi connectivity index (χ0) is 13.1. The van der Waals surface area contributed by atoms with Gasteiger partial charge < -0.3 is 15.7 Å². The van der Waals surface area contributed by atoms with Gasteiger partial charge in [0.1, 0.15) is 11.6 Å². The predicted molar refractivity (Wildman–Crippen MR) is 66.9 cm³/mol. The summed E-state index contributed by atoms with van der Waals surface area (Å²) in [4.78, 5) is 0. The van der Waals surface area contributed by atoms with Gasteiger partial charge in [0.2, 0.25) is 0 Å². The van der Waals surface area contributed by atoms with Gasteiger partial charge in [0.25, 0.3) is 0 Å². The highest BCUT2D eigenvalue weighted by molar-refractivity contribution is 7.80. The molecule has 1 aromatic carbocycles. The van der Waals surface area contributed by atoms with Crippen molar-refractivity contribution in [3.63, 3.8) is 0 Å². The Morgan fingerprint density at radius 2 is 2.06 bits per heavy atom. The van der Waals surface area contributed by atoms with Crippen molar-refractivity contribution in [1.29, 1.82) is 0 Å². The first kappa shape index (κ1) is 13.8. The van der Waals surface area contributed by atoms with Gasteiger partial charge in [-0.15, -0.1) is 0 Å². The summed E-state index contributed by atoms with van der Waals surface area (Å²) in [6.07, 6.45) is 0. The zero-order valence-corrected chi connectivity index (χ0v) is 10.4. The van der Waals surface area contributed by atoms with Gasteiger partial charge in [-0.2, -0.15) is 0 Å². The van der Waals surface area contributed by atoms with Crippen molar-refractivity contribution in [3.8, 4) is 0 Å². The van der Waals surface area contributed by atoms with E-state index in [2.05, 4.69) is 10.6 Å². The van der Waals surface area contributed by atoms with Crippen molar-refractivity contribution in [1.82, 2.24) is 5.32 Å². The van der Waals surface area contributed by atoms with Crippen molar-refractivity contribution in [2.24, 2.45) is 0 Å². The van der Waals surface area contributed by atoms with Crippen LogP contribution in [0.4, 0.5) is 14.5 Å². The fourth-order valence-electron chi connectivity index (χ4n) is 1.09. The average Bonchev–Trinajstić information content (AvgIpc) is 2.21. The number of nitrogens with one attached hydrogen (secondary N) is 2. The van der Waals surface area contributed by atoms with E-state index >= 15 is 0 Å². The maximum absolute atomic E-state index is 13.3. The first-order valence-corrected chi connectivity index (χ1v) is 5.40. The summed E-state index contributed by atoms with van der Waals surface area (Å²) in [6, 6.07) is 3.15. The molecule has 0 aromatic heterocycles. The van der Waals surface area contributed by atoms with Crippen molar-refractivity contribution >= 4 is 23.0 Å². The molecule has 0 fully saturated rings. The molecule has 0 aliphatic heterocycles. The number of aliphatic hydroxyl groups excluding tert-OH is 1. The summed E-state index contributed by atoms with van der Waals surface area (Å²) >= 11 is 4.95. The molecule has 6 heteroatoms. The summed E-state index contributed by atoms with van der Waals surface area (Å²) < 4.78 is 25.9. The van der Waals surface area contributed by atoms with Crippen molar-refractivity contribution in [2.45, 2.75) is 19.4 Å². The number of hydrogen-bond acceptors (Lipinski definition) is 2. The lowest BCUT2D eigenvalue weighted by molar-refractivity contribution is 0.207. The second kappa shape index (κ2) is 5.37. The first-order valence-electron chi connectivity index (χ1n) is 4.99. The number of rotatable bonds is 3. The van der Waals surface area contributed by atoms with Crippen LogP contribution in [0, 0.1) is 11.6 Å². The zero-order valence-electron chi connectivity index (χ0n) is 9.55. The molecule has 0 saturated carbocycles. The molecule has 0 aliphatic rings. The van der Waals surface area contributed by atoms with E-state index in [-0.39, 0.29) is 17.4 Å². The SMILES string of the molecule is CC(C)(CO)NC(=S)Nc1ccc(F)cc1F. The second-order valence-electron chi connectivity index (χ2n) is 4.25. The minimum atomic E-state index is -0.726. The molecular formula is C11H14F2N2OS. The maximum Gasteiger partial charge on any atom is 0.171 e. The molecular weight excluding hydrogens is 246 g/mol. The smallest absolute Gasteiger partial charge is 0.171 e. The van der Waals surface area contributed by atoms with Crippen LogP contribution in [0.25, 0.3) is 0 Å². The third-order valence-electron chi connectivity index (χ3n) is 2.03. The van der Waals surface area contributed by atoms with Crippen molar-refractivity contribution in [2.75, 3.05) is 11.9 Å². The van der Waals surface area contributed by atoms with E-state index in [9.17, 15) is 8.78 Å².